The molecule has 1 aromatic rings. The Morgan fingerprint density at radius 3 is 2.62 bits per heavy atom. The zero-order valence-corrected chi connectivity index (χ0v) is 15.8. The number of hydrogen-bond donors (Lipinski definition) is 2. The van der Waals surface area contributed by atoms with Gasteiger partial charge in [-0.2, -0.15) is 0 Å². The minimum absolute atomic E-state index is 0.0591. The van der Waals surface area contributed by atoms with Crippen LogP contribution in [0.4, 0.5) is 0 Å². The normalized spacial score (nSPS) is 19.9. The number of benzene rings is 1. The fourth-order valence-corrected chi connectivity index (χ4v) is 3.86. The first kappa shape index (κ1) is 19.0. The molecule has 0 unspecified atom stereocenters. The van der Waals surface area contributed by atoms with Gasteiger partial charge in [-0.25, -0.2) is 0 Å². The van der Waals surface area contributed by atoms with Crippen LogP contribution in [-0.4, -0.2) is 44.9 Å². The van der Waals surface area contributed by atoms with Gasteiger partial charge in [-0.3, -0.25) is 4.79 Å². The van der Waals surface area contributed by atoms with Crippen LogP contribution in [0.1, 0.15) is 44.1 Å². The second-order valence-electron chi connectivity index (χ2n) is 7.10. The molecule has 3 rings (SSSR count). The molecule has 144 valence electrons. The van der Waals surface area contributed by atoms with E-state index in [1.54, 1.807) is 14.2 Å². The molecule has 6 nitrogen and oxygen atoms in total. The van der Waals surface area contributed by atoms with Gasteiger partial charge in [0, 0.05) is 19.2 Å². The lowest BCUT2D eigenvalue weighted by atomic mass is 9.91. The Kier molecular flexibility index (Phi) is 6.38. The van der Waals surface area contributed by atoms with Crippen LogP contribution in [0.2, 0.25) is 0 Å². The van der Waals surface area contributed by atoms with Crippen molar-refractivity contribution in [1.29, 1.82) is 0 Å². The minimum atomic E-state index is -0.739. The van der Waals surface area contributed by atoms with Crippen LogP contribution in [0, 0.1) is 0 Å². The van der Waals surface area contributed by atoms with E-state index in [-0.39, 0.29) is 12.0 Å². The van der Waals surface area contributed by atoms with Gasteiger partial charge < -0.3 is 24.8 Å². The highest BCUT2D eigenvalue weighted by atomic mass is 16.5. The molecule has 1 saturated heterocycles. The van der Waals surface area contributed by atoms with Gasteiger partial charge in [0.2, 0.25) is 0 Å². The maximum absolute atomic E-state index is 12.8. The third kappa shape index (κ3) is 4.13. The van der Waals surface area contributed by atoms with Crippen molar-refractivity contribution >= 4 is 5.91 Å². The summed E-state index contributed by atoms with van der Waals surface area (Å²) in [5, 5.41) is 6.32. The number of nitrogens with one attached hydrogen (secondary N) is 2. The summed E-state index contributed by atoms with van der Waals surface area (Å²) in [5.41, 5.74) is 0.195. The van der Waals surface area contributed by atoms with Gasteiger partial charge >= 0.3 is 0 Å². The Bertz CT molecular complexity index is 608. The first-order chi connectivity index (χ1) is 12.7. The van der Waals surface area contributed by atoms with E-state index in [2.05, 4.69) is 10.6 Å². The molecule has 0 radical (unpaired) electrons. The van der Waals surface area contributed by atoms with E-state index in [4.69, 9.17) is 14.2 Å². The smallest absolute Gasteiger partial charge is 0.252 e. The summed E-state index contributed by atoms with van der Waals surface area (Å²) < 4.78 is 17.3. The predicted molar refractivity (Wildman–Crippen MR) is 99.6 cm³/mol. The second kappa shape index (κ2) is 8.73. The fraction of sp³-hybridized carbons (Fsp3) is 0.650. The van der Waals surface area contributed by atoms with Gasteiger partial charge in [0.1, 0.15) is 5.60 Å². The molecular weight excluding hydrogens is 332 g/mol. The molecule has 0 aromatic heterocycles. The quantitative estimate of drug-likeness (QED) is 0.780. The van der Waals surface area contributed by atoms with Crippen molar-refractivity contribution in [3.05, 3.63) is 23.8 Å². The zero-order valence-electron chi connectivity index (χ0n) is 15.8. The summed E-state index contributed by atoms with van der Waals surface area (Å²) in [6.07, 6.45) is 6.15. The third-order valence-corrected chi connectivity index (χ3v) is 5.52. The highest BCUT2D eigenvalue weighted by Crippen LogP contribution is 2.35. The summed E-state index contributed by atoms with van der Waals surface area (Å²) in [7, 11) is 3.26. The average molecular weight is 362 g/mol. The van der Waals surface area contributed by atoms with Gasteiger partial charge in [0.25, 0.3) is 5.91 Å². The monoisotopic (exact) mass is 362 g/mol. The summed E-state index contributed by atoms with van der Waals surface area (Å²) in [6.45, 7) is 1.98. The van der Waals surface area contributed by atoms with Gasteiger partial charge in [-0.05, 0) is 57.7 Å². The van der Waals surface area contributed by atoms with E-state index in [1.807, 2.05) is 18.2 Å². The van der Waals surface area contributed by atoms with Gasteiger partial charge in [0.05, 0.1) is 13.2 Å². The number of ether oxygens (including phenoxy) is 3. The molecule has 6 heteroatoms. The van der Waals surface area contributed by atoms with Gasteiger partial charge in [0.15, 0.2) is 11.5 Å². The molecule has 0 bridgehead atoms. The minimum Gasteiger partial charge on any atom is -0.493 e. The molecule has 1 amide bonds. The third-order valence-electron chi connectivity index (χ3n) is 5.52. The first-order valence-electron chi connectivity index (χ1n) is 9.55. The van der Waals surface area contributed by atoms with Crippen molar-refractivity contribution in [3.8, 4) is 11.5 Å². The Hall–Kier alpha value is -1.79. The van der Waals surface area contributed by atoms with Crippen LogP contribution in [-0.2, 0) is 16.1 Å². The Balaban J connectivity index is 1.71. The number of carbonyl (C=O) groups is 1. The molecular formula is C20H30N2O4. The van der Waals surface area contributed by atoms with Crippen molar-refractivity contribution in [1.82, 2.24) is 10.6 Å². The number of amides is 1. The molecule has 26 heavy (non-hydrogen) atoms. The van der Waals surface area contributed by atoms with E-state index < -0.39 is 5.60 Å². The largest absolute Gasteiger partial charge is 0.493 e. The lowest BCUT2D eigenvalue weighted by molar-refractivity contribution is -0.146. The van der Waals surface area contributed by atoms with Gasteiger partial charge in [-0.1, -0.05) is 12.1 Å². The fourth-order valence-electron chi connectivity index (χ4n) is 3.86. The predicted octanol–water partition coefficient (Wildman–Crippen LogP) is 2.40. The van der Waals surface area contributed by atoms with E-state index >= 15 is 0 Å². The zero-order chi connectivity index (χ0) is 18.4. The summed E-state index contributed by atoms with van der Waals surface area (Å²) in [4.78, 5) is 12.8. The maximum Gasteiger partial charge on any atom is 0.252 e. The number of hydrogen-bond acceptors (Lipinski definition) is 5. The summed E-state index contributed by atoms with van der Waals surface area (Å²) in [5.74, 6) is 1.40. The SMILES string of the molecule is COc1cccc(CNC(=O)C2(OC)CCNCC2)c1OC1CCCC1. The van der Waals surface area contributed by atoms with Crippen molar-refractivity contribution in [2.24, 2.45) is 0 Å². The average Bonchev–Trinajstić information content (AvgIpc) is 3.20. The highest BCUT2D eigenvalue weighted by molar-refractivity contribution is 5.85. The molecule has 1 aromatic carbocycles. The summed E-state index contributed by atoms with van der Waals surface area (Å²) in [6, 6.07) is 5.81. The maximum atomic E-state index is 12.8. The van der Waals surface area contributed by atoms with Crippen LogP contribution in [0.25, 0.3) is 0 Å². The number of para-hydroxylation sites is 1. The van der Waals surface area contributed by atoms with E-state index in [1.165, 1.54) is 12.8 Å². The Morgan fingerprint density at radius 2 is 1.96 bits per heavy atom. The second-order valence-corrected chi connectivity index (χ2v) is 7.10. The van der Waals surface area contributed by atoms with Crippen molar-refractivity contribution in [2.45, 2.75) is 56.8 Å². The standard InChI is InChI=1S/C20H30N2O4/c1-24-17-9-5-6-15(18(17)26-16-7-3-4-8-16)14-22-19(23)20(25-2)10-12-21-13-11-20/h5-6,9,16,21H,3-4,7-8,10-14H2,1-2H3,(H,22,23). The molecule has 1 aliphatic carbocycles. The highest BCUT2D eigenvalue weighted by Gasteiger charge is 2.39. The molecule has 2 aliphatic rings. The van der Waals surface area contributed by atoms with E-state index in [9.17, 15) is 4.79 Å². The molecule has 1 heterocycles. The summed E-state index contributed by atoms with van der Waals surface area (Å²) >= 11 is 0. The Labute approximate surface area is 155 Å². The first-order valence-corrected chi connectivity index (χ1v) is 9.55. The van der Waals surface area contributed by atoms with Crippen LogP contribution in [0.5, 0.6) is 11.5 Å². The van der Waals surface area contributed by atoms with Gasteiger partial charge in [-0.15, -0.1) is 0 Å². The van der Waals surface area contributed by atoms with Crippen LogP contribution in [0.15, 0.2) is 18.2 Å². The molecule has 0 atom stereocenters. The molecule has 1 saturated carbocycles. The lowest BCUT2D eigenvalue weighted by Gasteiger charge is -2.34. The number of carbonyl (C=O) groups excluding carboxylic acids is 1. The Morgan fingerprint density at radius 1 is 1.23 bits per heavy atom. The van der Waals surface area contributed by atoms with E-state index in [0.717, 1.165) is 37.2 Å². The number of rotatable bonds is 7. The van der Waals surface area contributed by atoms with Crippen LogP contribution >= 0.6 is 0 Å². The van der Waals surface area contributed by atoms with Crippen molar-refractivity contribution < 1.29 is 19.0 Å². The lowest BCUT2D eigenvalue weighted by Crippen LogP contribution is -2.53. The van der Waals surface area contributed by atoms with Crippen LogP contribution in [0.3, 0.4) is 0 Å². The number of piperidine rings is 1. The molecule has 2 N–H and O–H groups in total. The van der Waals surface area contributed by atoms with Crippen molar-refractivity contribution in [3.63, 3.8) is 0 Å². The number of methoxy groups -OCH3 is 2. The molecule has 1 aliphatic heterocycles. The van der Waals surface area contributed by atoms with E-state index in [0.29, 0.717) is 25.1 Å². The van der Waals surface area contributed by atoms with Crippen LogP contribution < -0.4 is 20.1 Å². The topological polar surface area (TPSA) is 68.8 Å². The molecule has 2 fully saturated rings. The molecule has 0 spiro atoms. The van der Waals surface area contributed by atoms with Crippen molar-refractivity contribution in [2.75, 3.05) is 27.3 Å².